The Labute approximate surface area is 171 Å². The van der Waals surface area contributed by atoms with Crippen molar-refractivity contribution < 1.29 is 19.2 Å². The molecule has 1 aromatic rings. The Morgan fingerprint density at radius 2 is 2.07 bits per heavy atom. The molecule has 0 atom stereocenters. The molecule has 1 aliphatic heterocycles. The number of nitro groups is 1. The number of nitrogens with zero attached hydrogens (tertiary/aromatic N) is 2. The van der Waals surface area contributed by atoms with Gasteiger partial charge in [0.25, 0.3) is 0 Å². The molecule has 9 heteroatoms. The monoisotopic (exact) mass is 413 g/mol. The number of piperazine rings is 1. The first kappa shape index (κ1) is 22.4. The fourth-order valence-corrected chi connectivity index (χ4v) is 4.18. The van der Waals surface area contributed by atoms with Crippen molar-refractivity contribution >= 4 is 24.1 Å². The summed E-state index contributed by atoms with van der Waals surface area (Å²) in [5, 5.41) is 15.0. The largest absolute Gasteiger partial charge is 0.475 e. The molecule has 0 aromatic heterocycles. The number of methoxy groups -OCH3 is 1. The van der Waals surface area contributed by atoms with Crippen molar-refractivity contribution in [1.82, 2.24) is 10.2 Å². The maximum Gasteiger partial charge on any atom is 0.343 e. The molecule has 28 heavy (non-hydrogen) atoms. The lowest BCUT2D eigenvalue weighted by Gasteiger charge is -2.50. The quantitative estimate of drug-likeness (QED) is 0.435. The van der Waals surface area contributed by atoms with Gasteiger partial charge in [-0.1, -0.05) is 25.3 Å². The first-order chi connectivity index (χ1) is 13.0. The van der Waals surface area contributed by atoms with Gasteiger partial charge >= 0.3 is 11.7 Å². The minimum Gasteiger partial charge on any atom is -0.475 e. The topological polar surface area (TPSA) is 93.9 Å². The Bertz CT molecular complexity index is 686. The smallest absolute Gasteiger partial charge is 0.343 e. The van der Waals surface area contributed by atoms with E-state index in [2.05, 4.69) is 15.0 Å². The second-order valence-corrected chi connectivity index (χ2v) is 7.31. The van der Waals surface area contributed by atoms with E-state index < -0.39 is 10.9 Å². The summed E-state index contributed by atoms with van der Waals surface area (Å²) in [5.74, 6) is -0.490. The second kappa shape index (κ2) is 10.0. The van der Waals surface area contributed by atoms with E-state index in [1.54, 1.807) is 12.1 Å². The first-order valence-corrected chi connectivity index (χ1v) is 9.47. The SMILES string of the molecule is COC(=O)COc1ccc(CN2CCNCC23CCCCC3)cc1[N+](=O)[O-].Cl. The van der Waals surface area contributed by atoms with Crippen LogP contribution in [0.2, 0.25) is 0 Å². The third kappa shape index (κ3) is 5.12. The molecule has 0 bridgehead atoms. The predicted octanol–water partition coefficient (Wildman–Crippen LogP) is 2.68. The number of benzene rings is 1. The van der Waals surface area contributed by atoms with Crippen LogP contribution in [-0.4, -0.2) is 54.7 Å². The summed E-state index contributed by atoms with van der Waals surface area (Å²) < 4.78 is 9.78. The Morgan fingerprint density at radius 1 is 1.32 bits per heavy atom. The molecular weight excluding hydrogens is 386 g/mol. The van der Waals surface area contributed by atoms with E-state index in [0.29, 0.717) is 6.54 Å². The van der Waals surface area contributed by atoms with Gasteiger partial charge in [-0.15, -0.1) is 12.4 Å². The van der Waals surface area contributed by atoms with Gasteiger partial charge in [0.05, 0.1) is 12.0 Å². The summed E-state index contributed by atoms with van der Waals surface area (Å²) >= 11 is 0. The van der Waals surface area contributed by atoms with Gasteiger partial charge in [0, 0.05) is 37.8 Å². The summed E-state index contributed by atoms with van der Waals surface area (Å²) in [6, 6.07) is 4.98. The number of rotatable bonds is 6. The zero-order chi connectivity index (χ0) is 19.3. The van der Waals surface area contributed by atoms with Gasteiger partial charge in [-0.3, -0.25) is 15.0 Å². The zero-order valence-corrected chi connectivity index (χ0v) is 17.0. The lowest BCUT2D eigenvalue weighted by Crippen LogP contribution is -2.61. The van der Waals surface area contributed by atoms with E-state index in [-0.39, 0.29) is 36.0 Å². The number of halogens is 1. The van der Waals surface area contributed by atoms with Crippen LogP contribution in [0.1, 0.15) is 37.7 Å². The summed E-state index contributed by atoms with van der Waals surface area (Å²) in [6.07, 6.45) is 6.09. The molecule has 2 aliphatic rings. The van der Waals surface area contributed by atoms with Crippen LogP contribution in [-0.2, 0) is 16.1 Å². The molecule has 1 saturated heterocycles. The Hall–Kier alpha value is -1.90. The van der Waals surface area contributed by atoms with Gasteiger partial charge in [-0.2, -0.15) is 0 Å². The molecule has 1 N–H and O–H groups in total. The van der Waals surface area contributed by atoms with Gasteiger partial charge in [0.1, 0.15) is 0 Å². The van der Waals surface area contributed by atoms with Crippen molar-refractivity contribution in [1.29, 1.82) is 0 Å². The molecule has 1 saturated carbocycles. The van der Waals surface area contributed by atoms with Crippen LogP contribution in [0, 0.1) is 10.1 Å². The lowest BCUT2D eigenvalue weighted by molar-refractivity contribution is -0.385. The molecule has 3 rings (SSSR count). The van der Waals surface area contributed by atoms with Crippen molar-refractivity contribution in [3.05, 3.63) is 33.9 Å². The average molecular weight is 414 g/mol. The summed E-state index contributed by atoms with van der Waals surface area (Å²) in [7, 11) is 1.25. The van der Waals surface area contributed by atoms with E-state index in [1.807, 2.05) is 6.07 Å². The molecule has 0 radical (unpaired) electrons. The number of hydrogen-bond donors (Lipinski definition) is 1. The van der Waals surface area contributed by atoms with Crippen LogP contribution in [0.3, 0.4) is 0 Å². The van der Waals surface area contributed by atoms with Gasteiger partial charge in [0.2, 0.25) is 0 Å². The minimum atomic E-state index is -0.576. The highest BCUT2D eigenvalue weighted by Gasteiger charge is 2.39. The highest BCUT2D eigenvalue weighted by atomic mass is 35.5. The molecule has 0 unspecified atom stereocenters. The summed E-state index contributed by atoms with van der Waals surface area (Å²) in [5.41, 5.74) is 0.925. The van der Waals surface area contributed by atoms with E-state index in [1.165, 1.54) is 39.2 Å². The normalized spacial score (nSPS) is 18.9. The molecule has 156 valence electrons. The van der Waals surface area contributed by atoms with Gasteiger partial charge in [0.15, 0.2) is 12.4 Å². The van der Waals surface area contributed by atoms with Gasteiger partial charge in [-0.05, 0) is 24.5 Å². The van der Waals surface area contributed by atoms with Crippen LogP contribution in [0.15, 0.2) is 18.2 Å². The van der Waals surface area contributed by atoms with Gasteiger partial charge in [-0.25, -0.2) is 4.79 Å². The number of esters is 1. The number of hydrogen-bond acceptors (Lipinski definition) is 7. The maximum atomic E-state index is 11.5. The highest BCUT2D eigenvalue weighted by Crippen LogP contribution is 2.36. The fourth-order valence-electron chi connectivity index (χ4n) is 4.18. The Morgan fingerprint density at radius 3 is 2.75 bits per heavy atom. The van der Waals surface area contributed by atoms with E-state index in [9.17, 15) is 14.9 Å². The molecule has 1 aliphatic carbocycles. The molecular formula is C19H28ClN3O5. The van der Waals surface area contributed by atoms with Crippen LogP contribution in [0.5, 0.6) is 5.75 Å². The van der Waals surface area contributed by atoms with Crippen LogP contribution >= 0.6 is 12.4 Å². The van der Waals surface area contributed by atoms with Crippen molar-refractivity contribution in [3.63, 3.8) is 0 Å². The van der Waals surface area contributed by atoms with Crippen molar-refractivity contribution in [2.24, 2.45) is 0 Å². The minimum absolute atomic E-state index is 0. The highest BCUT2D eigenvalue weighted by molar-refractivity contribution is 5.85. The third-order valence-electron chi connectivity index (χ3n) is 5.63. The molecule has 2 fully saturated rings. The number of nitro benzene ring substituents is 1. The van der Waals surface area contributed by atoms with E-state index >= 15 is 0 Å². The second-order valence-electron chi connectivity index (χ2n) is 7.31. The molecule has 1 aromatic carbocycles. The predicted molar refractivity (Wildman–Crippen MR) is 107 cm³/mol. The van der Waals surface area contributed by atoms with Crippen molar-refractivity contribution in [3.8, 4) is 5.75 Å². The first-order valence-electron chi connectivity index (χ1n) is 9.47. The lowest BCUT2D eigenvalue weighted by atomic mass is 9.79. The standard InChI is InChI=1S/C19H27N3O5.ClH/c1-26-18(23)13-27-17-6-5-15(11-16(17)22(24)25)12-21-10-9-20-14-19(21)7-3-2-4-8-19;/h5-6,11,20H,2-4,7-10,12-14H2,1H3;1H. The van der Waals surface area contributed by atoms with E-state index in [4.69, 9.17) is 4.74 Å². The van der Waals surface area contributed by atoms with Crippen LogP contribution in [0.4, 0.5) is 5.69 Å². The summed E-state index contributed by atoms with van der Waals surface area (Å²) in [4.78, 5) is 24.7. The number of nitrogens with one attached hydrogen (secondary N) is 1. The number of ether oxygens (including phenoxy) is 2. The van der Waals surface area contributed by atoms with E-state index in [0.717, 1.165) is 25.2 Å². The Kier molecular flexibility index (Phi) is 8.03. The molecule has 1 heterocycles. The third-order valence-corrected chi connectivity index (χ3v) is 5.63. The van der Waals surface area contributed by atoms with Crippen molar-refractivity contribution in [2.75, 3.05) is 33.4 Å². The average Bonchev–Trinajstić information content (AvgIpc) is 2.69. The summed E-state index contributed by atoms with van der Waals surface area (Å²) in [6.45, 7) is 3.19. The molecule has 0 amide bonds. The van der Waals surface area contributed by atoms with Crippen molar-refractivity contribution in [2.45, 2.75) is 44.2 Å². The number of carbonyl (C=O) groups excluding carboxylic acids is 1. The van der Waals surface area contributed by atoms with Gasteiger partial charge < -0.3 is 14.8 Å². The zero-order valence-electron chi connectivity index (χ0n) is 16.1. The van der Waals surface area contributed by atoms with Crippen LogP contribution < -0.4 is 10.1 Å². The Balaban J connectivity index is 0.00000280. The fraction of sp³-hybridized carbons (Fsp3) is 0.632. The molecule has 8 nitrogen and oxygen atoms in total. The maximum absolute atomic E-state index is 11.5. The molecule has 1 spiro atoms. The van der Waals surface area contributed by atoms with Crippen LogP contribution in [0.25, 0.3) is 0 Å². The number of carbonyl (C=O) groups is 1.